The van der Waals surface area contributed by atoms with E-state index in [1.54, 1.807) is 12.1 Å². The zero-order valence-corrected chi connectivity index (χ0v) is 17.4. The molecule has 2 rings (SSSR count). The number of carbonyl (C=O) groups is 1. The van der Waals surface area contributed by atoms with Crippen LogP contribution in [0.15, 0.2) is 23.1 Å². The van der Waals surface area contributed by atoms with Crippen LogP contribution in [0.25, 0.3) is 0 Å². The van der Waals surface area contributed by atoms with Crippen molar-refractivity contribution in [1.82, 2.24) is 4.31 Å². The maximum absolute atomic E-state index is 12.7. The molecule has 1 amide bonds. The van der Waals surface area contributed by atoms with Crippen molar-refractivity contribution in [2.45, 2.75) is 50.3 Å². The third-order valence-corrected chi connectivity index (χ3v) is 7.10. The highest BCUT2D eigenvalue weighted by molar-refractivity contribution is 7.89. The number of rotatable bonds is 8. The molecule has 0 spiro atoms. The highest BCUT2D eigenvalue weighted by atomic mass is 32.2. The maximum atomic E-state index is 12.7. The predicted molar refractivity (Wildman–Crippen MR) is 109 cm³/mol. The van der Waals surface area contributed by atoms with Crippen LogP contribution in [0.3, 0.4) is 0 Å². The first-order valence-corrected chi connectivity index (χ1v) is 11.0. The second kappa shape index (κ2) is 9.03. The molecule has 1 fully saturated rings. The first-order valence-electron chi connectivity index (χ1n) is 9.54. The lowest BCUT2D eigenvalue weighted by Gasteiger charge is -2.35. The van der Waals surface area contributed by atoms with Gasteiger partial charge in [-0.1, -0.05) is 19.3 Å². The molecule has 4 N–H and O–H groups in total. The third kappa shape index (κ3) is 5.21. The maximum Gasteiger partial charge on any atom is 0.242 e. The number of sulfonamides is 1. The van der Waals surface area contributed by atoms with E-state index in [0.29, 0.717) is 30.9 Å². The van der Waals surface area contributed by atoms with E-state index >= 15 is 0 Å². The Bertz CT molecular complexity index is 756. The molecule has 8 heteroatoms. The number of benzene rings is 1. The topological polar surface area (TPSA) is 105 Å². The second-order valence-corrected chi connectivity index (χ2v) is 9.67. The summed E-state index contributed by atoms with van der Waals surface area (Å²) in [5.74, 6) is -0.124. The molecule has 1 aliphatic carbocycles. The Labute approximate surface area is 162 Å². The predicted octanol–water partition coefficient (Wildman–Crippen LogP) is 2.61. The number of amides is 1. The number of nitrogens with one attached hydrogen (secondary N) is 2. The fourth-order valence-electron chi connectivity index (χ4n) is 3.63. The van der Waals surface area contributed by atoms with E-state index in [1.165, 1.54) is 26.6 Å². The molecule has 1 aromatic carbocycles. The molecule has 0 heterocycles. The number of carbonyl (C=O) groups excluding carboxylic acids is 1. The highest BCUT2D eigenvalue weighted by Crippen LogP contribution is 2.39. The van der Waals surface area contributed by atoms with E-state index in [1.807, 2.05) is 6.92 Å². The Morgan fingerprint density at radius 2 is 1.85 bits per heavy atom. The first-order chi connectivity index (χ1) is 12.7. The van der Waals surface area contributed by atoms with Crippen molar-refractivity contribution in [2.24, 2.45) is 11.1 Å². The van der Waals surface area contributed by atoms with Crippen LogP contribution in [0.2, 0.25) is 0 Å². The van der Waals surface area contributed by atoms with E-state index in [9.17, 15) is 13.2 Å². The van der Waals surface area contributed by atoms with Crippen molar-refractivity contribution in [3.8, 4) is 0 Å². The number of anilines is 2. The van der Waals surface area contributed by atoms with Gasteiger partial charge in [-0.3, -0.25) is 4.79 Å². The largest absolute Gasteiger partial charge is 0.384 e. The normalized spacial score (nSPS) is 16.9. The minimum Gasteiger partial charge on any atom is -0.384 e. The van der Waals surface area contributed by atoms with Crippen molar-refractivity contribution in [3.05, 3.63) is 18.2 Å². The molecule has 0 atom stereocenters. The van der Waals surface area contributed by atoms with Gasteiger partial charge in [-0.2, -0.15) is 0 Å². The fraction of sp³-hybridized carbons (Fsp3) is 0.632. The van der Waals surface area contributed by atoms with Gasteiger partial charge in [-0.05, 0) is 49.9 Å². The minimum atomic E-state index is -3.58. The van der Waals surface area contributed by atoms with Gasteiger partial charge in [0.1, 0.15) is 0 Å². The van der Waals surface area contributed by atoms with Gasteiger partial charge in [-0.25, -0.2) is 12.7 Å². The van der Waals surface area contributed by atoms with E-state index < -0.39 is 10.0 Å². The fourth-order valence-corrected chi connectivity index (χ4v) is 4.56. The standard InChI is InChI=1S/C19H32N4O3S/c1-4-21-16-9-8-15(27(25,26)23(2)3)12-17(16)22-18(24)13-19(14-20)10-6-5-7-11-19/h8-9,12,21H,4-7,10-11,13-14,20H2,1-3H3,(H,22,24). The van der Waals surface area contributed by atoms with Crippen molar-refractivity contribution in [1.29, 1.82) is 0 Å². The molecule has 0 saturated heterocycles. The number of hydrogen-bond donors (Lipinski definition) is 3. The molecule has 1 aliphatic rings. The Morgan fingerprint density at radius 3 is 2.41 bits per heavy atom. The quantitative estimate of drug-likeness (QED) is 0.626. The monoisotopic (exact) mass is 396 g/mol. The molecule has 1 saturated carbocycles. The van der Waals surface area contributed by atoms with Crippen molar-refractivity contribution in [3.63, 3.8) is 0 Å². The van der Waals surface area contributed by atoms with Crippen LogP contribution in [-0.4, -0.2) is 45.8 Å². The number of hydrogen-bond acceptors (Lipinski definition) is 5. The van der Waals surface area contributed by atoms with Gasteiger partial charge in [0, 0.05) is 27.1 Å². The van der Waals surface area contributed by atoms with Gasteiger partial charge >= 0.3 is 0 Å². The molecule has 7 nitrogen and oxygen atoms in total. The molecule has 27 heavy (non-hydrogen) atoms. The van der Waals surface area contributed by atoms with Crippen LogP contribution < -0.4 is 16.4 Å². The van der Waals surface area contributed by atoms with Gasteiger partial charge in [-0.15, -0.1) is 0 Å². The van der Waals surface area contributed by atoms with Crippen LogP contribution in [0.4, 0.5) is 11.4 Å². The lowest BCUT2D eigenvalue weighted by atomic mass is 9.71. The number of nitrogens with zero attached hydrogens (tertiary/aromatic N) is 1. The van der Waals surface area contributed by atoms with Gasteiger partial charge in [0.05, 0.1) is 16.3 Å². The molecule has 0 bridgehead atoms. The summed E-state index contributed by atoms with van der Waals surface area (Å²) in [5.41, 5.74) is 7.03. The van der Waals surface area contributed by atoms with Crippen LogP contribution in [0.5, 0.6) is 0 Å². The summed E-state index contributed by atoms with van der Waals surface area (Å²) in [6.45, 7) is 3.10. The van der Waals surface area contributed by atoms with Gasteiger partial charge in [0.15, 0.2) is 0 Å². The van der Waals surface area contributed by atoms with E-state index in [4.69, 9.17) is 5.73 Å². The minimum absolute atomic E-state index is 0.124. The highest BCUT2D eigenvalue weighted by Gasteiger charge is 2.33. The van der Waals surface area contributed by atoms with E-state index in [2.05, 4.69) is 10.6 Å². The molecule has 0 aromatic heterocycles. The van der Waals surface area contributed by atoms with Crippen molar-refractivity contribution in [2.75, 3.05) is 37.8 Å². The van der Waals surface area contributed by atoms with Crippen LogP contribution in [0.1, 0.15) is 45.4 Å². The van der Waals surface area contributed by atoms with Gasteiger partial charge < -0.3 is 16.4 Å². The van der Waals surface area contributed by atoms with E-state index in [0.717, 1.165) is 30.0 Å². The Kier molecular flexibility index (Phi) is 7.25. The molecule has 0 radical (unpaired) electrons. The molecule has 0 unspecified atom stereocenters. The summed E-state index contributed by atoms with van der Waals surface area (Å²) in [7, 11) is -0.605. The zero-order chi connectivity index (χ0) is 20.1. The van der Waals surface area contributed by atoms with Crippen molar-refractivity contribution < 1.29 is 13.2 Å². The molecular weight excluding hydrogens is 364 g/mol. The van der Waals surface area contributed by atoms with Gasteiger partial charge in [0.2, 0.25) is 15.9 Å². The Balaban J connectivity index is 2.25. The summed E-state index contributed by atoms with van der Waals surface area (Å²) in [6.07, 6.45) is 5.68. The Hall–Kier alpha value is -1.64. The lowest BCUT2D eigenvalue weighted by Crippen LogP contribution is -2.36. The molecule has 152 valence electrons. The van der Waals surface area contributed by atoms with E-state index in [-0.39, 0.29) is 16.2 Å². The van der Waals surface area contributed by atoms with Crippen LogP contribution in [-0.2, 0) is 14.8 Å². The lowest BCUT2D eigenvalue weighted by molar-refractivity contribution is -0.118. The average Bonchev–Trinajstić information content (AvgIpc) is 2.63. The SMILES string of the molecule is CCNc1ccc(S(=O)(=O)N(C)C)cc1NC(=O)CC1(CN)CCCCC1. The molecule has 0 aliphatic heterocycles. The Morgan fingerprint density at radius 1 is 1.19 bits per heavy atom. The van der Waals surface area contributed by atoms with Crippen LogP contribution in [0, 0.1) is 5.41 Å². The summed E-state index contributed by atoms with van der Waals surface area (Å²) in [4.78, 5) is 12.9. The first kappa shape index (κ1) is 21.7. The molecule has 1 aromatic rings. The van der Waals surface area contributed by atoms with Crippen molar-refractivity contribution >= 4 is 27.3 Å². The van der Waals surface area contributed by atoms with Gasteiger partial charge in [0.25, 0.3) is 0 Å². The average molecular weight is 397 g/mol. The zero-order valence-electron chi connectivity index (χ0n) is 16.5. The smallest absolute Gasteiger partial charge is 0.242 e. The summed E-state index contributed by atoms with van der Waals surface area (Å²) in [6, 6.07) is 4.75. The summed E-state index contributed by atoms with van der Waals surface area (Å²) < 4.78 is 26.0. The molecular formula is C19H32N4O3S. The third-order valence-electron chi connectivity index (χ3n) is 5.29. The van der Waals surface area contributed by atoms with Crippen LogP contribution >= 0.6 is 0 Å². The summed E-state index contributed by atoms with van der Waals surface area (Å²) in [5, 5.41) is 6.08. The second-order valence-electron chi connectivity index (χ2n) is 7.51. The summed E-state index contributed by atoms with van der Waals surface area (Å²) >= 11 is 0. The number of nitrogens with two attached hydrogens (primary N) is 1.